The van der Waals surface area contributed by atoms with Crippen LogP contribution in [0.1, 0.15) is 74.3 Å². The lowest BCUT2D eigenvalue weighted by molar-refractivity contribution is 0.207. The molecule has 9 nitrogen and oxygen atoms in total. The van der Waals surface area contributed by atoms with Gasteiger partial charge in [0.1, 0.15) is 5.82 Å². The first-order valence-corrected chi connectivity index (χ1v) is 13.8. The molecule has 2 aliphatic heterocycles. The summed E-state index contributed by atoms with van der Waals surface area (Å²) in [5.41, 5.74) is 10.00. The molecule has 3 aromatic rings. The van der Waals surface area contributed by atoms with Crippen molar-refractivity contribution < 1.29 is 4.39 Å². The third-order valence-corrected chi connectivity index (χ3v) is 8.98. The minimum atomic E-state index is -0.240. The molecule has 194 valence electrons. The number of nitrogens with two attached hydrogens (primary N) is 1. The third kappa shape index (κ3) is 4.11. The lowest BCUT2D eigenvalue weighted by atomic mass is 9.68. The topological polar surface area (TPSA) is 101 Å². The van der Waals surface area contributed by atoms with Crippen LogP contribution < -0.4 is 16.0 Å². The number of benzene rings is 1. The Balaban J connectivity index is 1.07. The lowest BCUT2D eigenvalue weighted by Crippen LogP contribution is -2.44. The zero-order valence-corrected chi connectivity index (χ0v) is 21.1. The van der Waals surface area contributed by atoms with Crippen molar-refractivity contribution in [3.05, 3.63) is 41.3 Å². The van der Waals surface area contributed by atoms with E-state index >= 15 is 4.39 Å². The molecule has 0 unspecified atom stereocenters. The van der Waals surface area contributed by atoms with Gasteiger partial charge in [-0.2, -0.15) is 14.8 Å². The summed E-state index contributed by atoms with van der Waals surface area (Å²) in [7, 11) is 0. The number of aromatic nitrogens is 5. The number of likely N-dealkylation sites (tertiary alicyclic amines) is 1. The van der Waals surface area contributed by atoms with Gasteiger partial charge in [-0.1, -0.05) is 0 Å². The lowest BCUT2D eigenvalue weighted by Gasteiger charge is -2.38. The molecule has 5 aliphatic rings. The summed E-state index contributed by atoms with van der Waals surface area (Å²) in [6.45, 7) is 4.21. The van der Waals surface area contributed by atoms with Crippen LogP contribution in [0.25, 0.3) is 5.82 Å². The number of rotatable bonds is 5. The van der Waals surface area contributed by atoms with Crippen LogP contribution >= 0.6 is 0 Å². The molecule has 1 aromatic carbocycles. The number of halogens is 1. The van der Waals surface area contributed by atoms with Gasteiger partial charge in [-0.3, -0.25) is 0 Å². The van der Waals surface area contributed by atoms with Gasteiger partial charge in [-0.05, 0) is 100 Å². The van der Waals surface area contributed by atoms with Gasteiger partial charge in [0.25, 0.3) is 0 Å². The molecule has 3 aliphatic carbocycles. The molecule has 4 heterocycles. The normalized spacial score (nSPS) is 24.0. The minimum absolute atomic E-state index is 0.240. The van der Waals surface area contributed by atoms with Crippen LogP contribution in [0.4, 0.5) is 27.7 Å². The monoisotopic (exact) mass is 503 g/mol. The van der Waals surface area contributed by atoms with Gasteiger partial charge in [0, 0.05) is 30.4 Å². The van der Waals surface area contributed by atoms with E-state index in [-0.39, 0.29) is 11.8 Å². The van der Waals surface area contributed by atoms with Crippen LogP contribution in [0, 0.1) is 5.82 Å². The fourth-order valence-electron chi connectivity index (χ4n) is 7.07. The summed E-state index contributed by atoms with van der Waals surface area (Å²) >= 11 is 0. The predicted octanol–water partition coefficient (Wildman–Crippen LogP) is 4.34. The Morgan fingerprint density at radius 1 is 0.946 bits per heavy atom. The average molecular weight is 504 g/mol. The number of nitrogens with zero attached hydrogens (tertiary/aromatic N) is 7. The smallest absolute Gasteiger partial charge is 0.248 e. The first kappa shape index (κ1) is 22.9. The molecule has 10 heteroatoms. The van der Waals surface area contributed by atoms with Crippen molar-refractivity contribution in [2.24, 2.45) is 0 Å². The molecule has 0 atom stereocenters. The molecule has 2 bridgehead atoms. The molecule has 37 heavy (non-hydrogen) atoms. The maximum Gasteiger partial charge on any atom is 0.248 e. The van der Waals surface area contributed by atoms with Crippen molar-refractivity contribution in [2.75, 3.05) is 42.1 Å². The number of nitrogen functional groups attached to an aromatic ring is 1. The number of fused-ring (bicyclic) bond motifs is 2. The first-order chi connectivity index (χ1) is 18.1. The number of anilines is 4. The number of hydrogen-bond acceptors (Lipinski definition) is 8. The molecule has 8 rings (SSSR count). The highest BCUT2D eigenvalue weighted by Crippen LogP contribution is 2.50. The van der Waals surface area contributed by atoms with E-state index in [0.29, 0.717) is 41.0 Å². The fourth-order valence-corrected chi connectivity index (χ4v) is 7.07. The minimum Gasteiger partial charge on any atom is -0.369 e. The van der Waals surface area contributed by atoms with Crippen molar-refractivity contribution in [1.29, 1.82) is 0 Å². The highest BCUT2D eigenvalue weighted by Gasteiger charge is 2.36. The summed E-state index contributed by atoms with van der Waals surface area (Å²) in [4.78, 5) is 9.17. The largest absolute Gasteiger partial charge is 0.369 e. The molecule has 0 amide bonds. The van der Waals surface area contributed by atoms with Crippen molar-refractivity contribution in [1.82, 2.24) is 29.9 Å². The second-order valence-corrected chi connectivity index (χ2v) is 11.0. The quantitative estimate of drug-likeness (QED) is 0.530. The maximum atomic E-state index is 15.2. The van der Waals surface area contributed by atoms with Gasteiger partial charge in [0.2, 0.25) is 11.9 Å². The molecule has 2 saturated heterocycles. The van der Waals surface area contributed by atoms with E-state index in [0.717, 1.165) is 38.8 Å². The van der Waals surface area contributed by atoms with E-state index in [4.69, 9.17) is 5.73 Å². The average Bonchev–Trinajstić information content (AvgIpc) is 3.59. The molecule has 1 saturated carbocycles. The van der Waals surface area contributed by atoms with E-state index in [1.165, 1.54) is 56.0 Å². The first-order valence-electron chi connectivity index (χ1n) is 13.8. The van der Waals surface area contributed by atoms with Gasteiger partial charge in [-0.15, -0.1) is 10.2 Å². The van der Waals surface area contributed by atoms with Crippen molar-refractivity contribution >= 4 is 23.3 Å². The zero-order valence-electron chi connectivity index (χ0n) is 21.1. The van der Waals surface area contributed by atoms with Crippen LogP contribution in [0.15, 0.2) is 24.4 Å². The van der Waals surface area contributed by atoms with E-state index in [1.807, 2.05) is 18.3 Å². The molecular weight excluding hydrogens is 469 g/mol. The summed E-state index contributed by atoms with van der Waals surface area (Å²) in [6, 6.07) is 5.89. The van der Waals surface area contributed by atoms with E-state index < -0.39 is 0 Å². The highest BCUT2D eigenvalue weighted by atomic mass is 19.1. The molecule has 3 N–H and O–H groups in total. The van der Waals surface area contributed by atoms with Crippen LogP contribution in [0.3, 0.4) is 0 Å². The zero-order chi connectivity index (χ0) is 24.9. The second-order valence-electron chi connectivity index (χ2n) is 11.0. The van der Waals surface area contributed by atoms with E-state index in [9.17, 15) is 0 Å². The Labute approximate surface area is 216 Å². The summed E-state index contributed by atoms with van der Waals surface area (Å²) < 4.78 is 16.8. The summed E-state index contributed by atoms with van der Waals surface area (Å²) in [5.74, 6) is 2.00. The Bertz CT molecular complexity index is 1290. The Hall–Kier alpha value is -3.27. The second kappa shape index (κ2) is 9.24. The third-order valence-electron chi connectivity index (χ3n) is 8.98. The fraction of sp³-hybridized carbons (Fsp3) is 0.556. The Morgan fingerprint density at radius 3 is 2.46 bits per heavy atom. The van der Waals surface area contributed by atoms with Gasteiger partial charge in [0.15, 0.2) is 5.82 Å². The SMILES string of the molecule is Nc1nc(Nc2ccc(N3CCC(N4CCCC4)CC3)c(F)c2)nn1-c1nncc2c1C1CCC2CC1. The molecule has 2 aromatic heterocycles. The predicted molar refractivity (Wildman–Crippen MR) is 141 cm³/mol. The van der Waals surface area contributed by atoms with Gasteiger partial charge >= 0.3 is 0 Å². The molecular formula is C27H34FN9. The van der Waals surface area contributed by atoms with Crippen LogP contribution in [-0.2, 0) is 0 Å². The molecule has 0 radical (unpaired) electrons. The van der Waals surface area contributed by atoms with E-state index in [1.54, 1.807) is 4.68 Å². The standard InChI is InChI=1S/C27H34FN9/c28-22-15-19(7-8-23(22)36-13-9-20(10-14-36)35-11-1-2-12-35)31-27-32-26(29)37(34-27)25-24-18-5-3-17(4-6-18)21(24)16-30-33-25/h7-8,15-18,20H,1-6,9-14H2,(H3,29,31,32,34). The Morgan fingerprint density at radius 2 is 1.70 bits per heavy atom. The number of piperidine rings is 1. The van der Waals surface area contributed by atoms with Crippen molar-refractivity contribution in [2.45, 2.75) is 69.2 Å². The van der Waals surface area contributed by atoms with Crippen LogP contribution in [0.5, 0.6) is 0 Å². The maximum absolute atomic E-state index is 15.2. The van der Waals surface area contributed by atoms with Crippen LogP contribution in [0.2, 0.25) is 0 Å². The number of nitrogens with one attached hydrogen (secondary N) is 1. The van der Waals surface area contributed by atoms with Gasteiger partial charge in [0.05, 0.1) is 11.9 Å². The Kier molecular flexibility index (Phi) is 5.71. The summed E-state index contributed by atoms with van der Waals surface area (Å²) in [6.07, 6.45) is 11.5. The molecule has 0 spiro atoms. The van der Waals surface area contributed by atoms with Gasteiger partial charge in [-0.25, -0.2) is 4.39 Å². The van der Waals surface area contributed by atoms with E-state index in [2.05, 4.69) is 35.4 Å². The summed E-state index contributed by atoms with van der Waals surface area (Å²) in [5, 5.41) is 16.4. The van der Waals surface area contributed by atoms with Crippen LogP contribution in [-0.4, -0.2) is 62.1 Å². The van der Waals surface area contributed by atoms with Crippen molar-refractivity contribution in [3.63, 3.8) is 0 Å². The van der Waals surface area contributed by atoms with Crippen molar-refractivity contribution in [3.8, 4) is 5.82 Å². The highest BCUT2D eigenvalue weighted by molar-refractivity contribution is 5.61. The molecule has 3 fully saturated rings. The van der Waals surface area contributed by atoms with Gasteiger partial charge < -0.3 is 20.9 Å². The number of hydrogen-bond donors (Lipinski definition) is 2.